The Labute approximate surface area is 319 Å². The summed E-state index contributed by atoms with van der Waals surface area (Å²) in [4.78, 5) is 2.22. The molecule has 0 fully saturated rings. The predicted octanol–water partition coefficient (Wildman–Crippen LogP) is 14.2. The summed E-state index contributed by atoms with van der Waals surface area (Å²) in [6, 6.07) is 63.1. The third kappa shape index (κ3) is 4.56. The van der Waals surface area contributed by atoms with Crippen LogP contribution in [0.1, 0.15) is 25.0 Å². The van der Waals surface area contributed by atoms with E-state index in [1.54, 1.807) is 0 Å². The van der Waals surface area contributed by atoms with E-state index >= 15 is 0 Å². The van der Waals surface area contributed by atoms with Crippen LogP contribution in [0.15, 0.2) is 180 Å². The van der Waals surface area contributed by atoms with Crippen molar-refractivity contribution in [1.29, 1.82) is 0 Å². The standard InChI is InChI=1S/C37H24N2O.C15H14/c1-38(23-9-3-2-4-10-23)24-17-19-25(20-18-24)39-30-15-7-13-28-26-11-5-6-12-27(26)29-14-8-16-32-35(29)37-33(40-32)22-21-31(39)36(37)34(28)30;1-15(2)13-9-5-3-7-11(13)12-8-4-6-10-14(12)15/h2-22H,1H3;3-10H,1-2H3. The second kappa shape index (κ2) is 11.8. The van der Waals surface area contributed by atoms with Crippen LogP contribution in [0.3, 0.4) is 0 Å². The van der Waals surface area contributed by atoms with E-state index in [2.05, 4.69) is 206 Å². The molecule has 0 saturated carbocycles. The fourth-order valence-electron chi connectivity index (χ4n) is 9.43. The van der Waals surface area contributed by atoms with Gasteiger partial charge in [-0.1, -0.05) is 129 Å². The molecule has 0 spiro atoms. The smallest absolute Gasteiger partial charge is 0.136 e. The maximum atomic E-state index is 6.47. The van der Waals surface area contributed by atoms with E-state index in [0.717, 1.165) is 22.5 Å². The van der Waals surface area contributed by atoms with Gasteiger partial charge in [0.2, 0.25) is 0 Å². The van der Waals surface area contributed by atoms with Crippen molar-refractivity contribution in [2.75, 3.05) is 11.9 Å². The lowest BCUT2D eigenvalue weighted by atomic mass is 9.82. The molecule has 2 heterocycles. The molecule has 1 aliphatic carbocycles. The second-order valence-corrected chi connectivity index (χ2v) is 15.3. The highest BCUT2D eigenvalue weighted by Crippen LogP contribution is 2.49. The molecule has 0 radical (unpaired) electrons. The highest BCUT2D eigenvalue weighted by atomic mass is 16.3. The number of benzene rings is 8. The fourth-order valence-corrected chi connectivity index (χ4v) is 9.43. The van der Waals surface area contributed by atoms with Gasteiger partial charge in [0.25, 0.3) is 0 Å². The summed E-state index contributed by atoms with van der Waals surface area (Å²) in [5, 5.41) is 9.91. The van der Waals surface area contributed by atoms with Gasteiger partial charge in [-0.05, 0) is 104 Å². The molecule has 0 saturated heterocycles. The molecule has 0 aliphatic heterocycles. The van der Waals surface area contributed by atoms with Crippen molar-refractivity contribution in [3.05, 3.63) is 187 Å². The number of hydrogen-bond donors (Lipinski definition) is 0. The van der Waals surface area contributed by atoms with Crippen LogP contribution >= 0.6 is 0 Å². The summed E-state index contributed by atoms with van der Waals surface area (Å²) in [6.45, 7) is 4.61. The Morgan fingerprint density at radius 1 is 0.418 bits per heavy atom. The first-order chi connectivity index (χ1) is 27.0. The Hall–Kier alpha value is -6.84. The lowest BCUT2D eigenvalue weighted by molar-refractivity contribution is 0.660. The van der Waals surface area contributed by atoms with E-state index in [0.29, 0.717) is 0 Å². The summed E-state index contributed by atoms with van der Waals surface area (Å²) in [5.41, 5.74) is 13.6. The minimum absolute atomic E-state index is 0.160. The molecule has 0 amide bonds. The molecule has 12 rings (SSSR count). The quantitative estimate of drug-likeness (QED) is 0.182. The van der Waals surface area contributed by atoms with Gasteiger partial charge in [-0.25, -0.2) is 0 Å². The zero-order valence-electron chi connectivity index (χ0n) is 31.0. The van der Waals surface area contributed by atoms with Crippen LogP contribution in [0, 0.1) is 0 Å². The Bertz CT molecular complexity index is 3190. The maximum Gasteiger partial charge on any atom is 0.136 e. The lowest BCUT2D eigenvalue weighted by Crippen LogP contribution is -2.14. The van der Waals surface area contributed by atoms with E-state index in [9.17, 15) is 0 Å². The summed E-state index contributed by atoms with van der Waals surface area (Å²) in [7, 11) is 2.11. The molecule has 3 nitrogen and oxygen atoms in total. The van der Waals surface area contributed by atoms with Crippen molar-refractivity contribution in [3.8, 4) is 16.8 Å². The summed E-state index contributed by atoms with van der Waals surface area (Å²) >= 11 is 0. The Kier molecular flexibility index (Phi) is 6.81. The SMILES string of the molecule is CC1(C)c2ccccc2-c2ccccc21.CN(c1ccccc1)c1ccc(-n2c3cccc4c5ccccc5c5cccc6oc7ccc2c(c7c65)c43)cc1. The average molecular weight is 707 g/mol. The zero-order valence-corrected chi connectivity index (χ0v) is 31.0. The number of para-hydroxylation sites is 1. The predicted molar refractivity (Wildman–Crippen MR) is 233 cm³/mol. The molecular weight excluding hydrogens is 669 g/mol. The topological polar surface area (TPSA) is 21.3 Å². The molecular formula is C52H38N2O. The van der Waals surface area contributed by atoms with Crippen LogP contribution in [0.5, 0.6) is 0 Å². The van der Waals surface area contributed by atoms with Crippen LogP contribution in [0.4, 0.5) is 11.4 Å². The molecule has 55 heavy (non-hydrogen) atoms. The molecule has 3 heteroatoms. The van der Waals surface area contributed by atoms with Gasteiger partial charge in [-0.3, -0.25) is 0 Å². The van der Waals surface area contributed by atoms with Crippen molar-refractivity contribution in [2.45, 2.75) is 19.3 Å². The second-order valence-electron chi connectivity index (χ2n) is 15.3. The van der Waals surface area contributed by atoms with E-state index in [4.69, 9.17) is 4.42 Å². The van der Waals surface area contributed by atoms with Gasteiger partial charge in [-0.15, -0.1) is 0 Å². The first kappa shape index (κ1) is 31.7. The summed E-state index contributed by atoms with van der Waals surface area (Å²) in [5.74, 6) is 0. The highest BCUT2D eigenvalue weighted by molar-refractivity contribution is 6.38. The molecule has 0 N–H and O–H groups in total. The number of anilines is 2. The minimum Gasteiger partial charge on any atom is -0.456 e. The van der Waals surface area contributed by atoms with Crippen molar-refractivity contribution in [1.82, 2.24) is 4.57 Å². The van der Waals surface area contributed by atoms with E-state index < -0.39 is 0 Å². The highest BCUT2D eigenvalue weighted by Gasteiger charge is 2.34. The Morgan fingerprint density at radius 3 is 1.64 bits per heavy atom. The van der Waals surface area contributed by atoms with Crippen LogP contribution in [0.25, 0.3) is 82.1 Å². The van der Waals surface area contributed by atoms with Gasteiger partial charge in [0.1, 0.15) is 11.2 Å². The molecule has 1 aliphatic rings. The Balaban J connectivity index is 0.000000196. The summed E-state index contributed by atoms with van der Waals surface area (Å²) in [6.07, 6.45) is 0. The van der Waals surface area contributed by atoms with Crippen molar-refractivity contribution in [3.63, 3.8) is 0 Å². The number of rotatable bonds is 3. The first-order valence-corrected chi connectivity index (χ1v) is 19.1. The van der Waals surface area contributed by atoms with E-state index in [1.807, 2.05) is 0 Å². The van der Waals surface area contributed by atoms with Crippen LogP contribution in [-0.4, -0.2) is 11.6 Å². The third-order valence-electron chi connectivity index (χ3n) is 12.1. The largest absolute Gasteiger partial charge is 0.456 e. The molecule has 11 aromatic rings. The van der Waals surface area contributed by atoms with Crippen molar-refractivity contribution >= 4 is 76.7 Å². The number of furan rings is 1. The number of fused-ring (bicyclic) bond motifs is 6. The Morgan fingerprint density at radius 2 is 0.945 bits per heavy atom. The zero-order chi connectivity index (χ0) is 36.8. The molecule has 262 valence electrons. The first-order valence-electron chi connectivity index (χ1n) is 19.1. The average Bonchev–Trinajstić information content (AvgIpc) is 3.86. The third-order valence-corrected chi connectivity index (χ3v) is 12.1. The molecule has 2 aromatic heterocycles. The number of aromatic nitrogens is 1. The van der Waals surface area contributed by atoms with Crippen LogP contribution < -0.4 is 4.90 Å². The normalized spacial score (nSPS) is 13.1. The summed E-state index contributed by atoms with van der Waals surface area (Å²) < 4.78 is 8.89. The lowest BCUT2D eigenvalue weighted by Gasteiger charge is -2.20. The van der Waals surface area contributed by atoms with Crippen molar-refractivity contribution < 1.29 is 4.42 Å². The molecule has 0 atom stereocenters. The number of nitrogens with zero attached hydrogens (tertiary/aromatic N) is 2. The monoisotopic (exact) mass is 706 g/mol. The van der Waals surface area contributed by atoms with Crippen LogP contribution in [0.2, 0.25) is 0 Å². The van der Waals surface area contributed by atoms with Gasteiger partial charge in [-0.2, -0.15) is 0 Å². The maximum absolute atomic E-state index is 6.47. The van der Waals surface area contributed by atoms with E-state index in [1.165, 1.54) is 82.1 Å². The van der Waals surface area contributed by atoms with Gasteiger partial charge in [0, 0.05) is 51.1 Å². The molecule has 0 bridgehead atoms. The van der Waals surface area contributed by atoms with Gasteiger partial charge < -0.3 is 13.9 Å². The van der Waals surface area contributed by atoms with Gasteiger partial charge in [0.05, 0.1) is 11.0 Å². The number of hydrogen-bond acceptors (Lipinski definition) is 2. The van der Waals surface area contributed by atoms with Crippen molar-refractivity contribution in [2.24, 2.45) is 0 Å². The van der Waals surface area contributed by atoms with E-state index in [-0.39, 0.29) is 5.41 Å². The molecule has 9 aromatic carbocycles. The minimum atomic E-state index is 0.160. The van der Waals surface area contributed by atoms with Gasteiger partial charge >= 0.3 is 0 Å². The van der Waals surface area contributed by atoms with Gasteiger partial charge in [0.15, 0.2) is 0 Å². The fraction of sp³-hybridized carbons (Fsp3) is 0.0769. The van der Waals surface area contributed by atoms with Crippen LogP contribution in [-0.2, 0) is 5.41 Å². The molecule has 0 unspecified atom stereocenters.